The van der Waals surface area contributed by atoms with Crippen LogP contribution >= 0.6 is 24.0 Å². The molecule has 0 aliphatic carbocycles. The minimum atomic E-state index is 0. The molecule has 27 heavy (non-hydrogen) atoms. The van der Waals surface area contributed by atoms with E-state index in [0.717, 1.165) is 44.9 Å². The predicted octanol–water partition coefficient (Wildman–Crippen LogP) is 4.18. The molecule has 1 fully saturated rings. The number of nitrogens with one attached hydrogen (secondary N) is 2. The normalized spacial score (nSPS) is 19.4. The van der Waals surface area contributed by atoms with E-state index in [1.165, 1.54) is 11.1 Å². The number of aliphatic imine (C=N–C) groups is 1. The van der Waals surface area contributed by atoms with Gasteiger partial charge in [-0.1, -0.05) is 60.7 Å². The molecule has 3 rings (SSSR count). The molecule has 0 aromatic heterocycles. The number of ether oxygens (including phenoxy) is 1. The highest BCUT2D eigenvalue weighted by molar-refractivity contribution is 14.0. The van der Waals surface area contributed by atoms with Crippen molar-refractivity contribution in [3.05, 3.63) is 71.8 Å². The van der Waals surface area contributed by atoms with Gasteiger partial charge in [0.15, 0.2) is 5.96 Å². The highest BCUT2D eigenvalue weighted by Crippen LogP contribution is 2.33. The van der Waals surface area contributed by atoms with E-state index in [-0.39, 0.29) is 30.1 Å². The Morgan fingerprint density at radius 2 is 1.74 bits per heavy atom. The molecule has 2 unspecified atom stereocenters. The lowest BCUT2D eigenvalue weighted by Gasteiger charge is -2.20. The van der Waals surface area contributed by atoms with Crippen LogP contribution in [0.5, 0.6) is 0 Å². The molecule has 0 spiro atoms. The molecule has 0 saturated carbocycles. The molecule has 0 radical (unpaired) electrons. The second kappa shape index (κ2) is 12.0. The Hall–Kier alpha value is -1.60. The van der Waals surface area contributed by atoms with Gasteiger partial charge in [-0.25, -0.2) is 0 Å². The molecule has 4 nitrogen and oxygen atoms in total. The maximum atomic E-state index is 5.96. The number of hydrogen-bond donors (Lipinski definition) is 2. The van der Waals surface area contributed by atoms with E-state index in [0.29, 0.717) is 5.92 Å². The number of guanidine groups is 1. The van der Waals surface area contributed by atoms with Gasteiger partial charge in [-0.15, -0.1) is 24.0 Å². The van der Waals surface area contributed by atoms with Crippen LogP contribution in [0.25, 0.3) is 0 Å². The van der Waals surface area contributed by atoms with E-state index >= 15 is 0 Å². The SMILES string of the molecule is CN=C(NCCCc1ccccc1)NCC1CCOC1c1ccccc1.I. The number of hydrogen-bond acceptors (Lipinski definition) is 2. The molecule has 1 aliphatic rings. The Morgan fingerprint density at radius 1 is 1.04 bits per heavy atom. The minimum Gasteiger partial charge on any atom is -0.373 e. The van der Waals surface area contributed by atoms with Crippen molar-refractivity contribution < 1.29 is 4.74 Å². The van der Waals surface area contributed by atoms with Crippen molar-refractivity contribution in [1.82, 2.24) is 10.6 Å². The van der Waals surface area contributed by atoms with Crippen molar-refractivity contribution in [2.24, 2.45) is 10.9 Å². The second-order valence-corrected chi connectivity index (χ2v) is 6.72. The monoisotopic (exact) mass is 479 g/mol. The molecule has 2 aromatic carbocycles. The Morgan fingerprint density at radius 3 is 2.44 bits per heavy atom. The molecular formula is C22H30IN3O. The molecule has 2 aromatic rings. The Bertz CT molecular complexity index is 678. The summed E-state index contributed by atoms with van der Waals surface area (Å²) >= 11 is 0. The first-order chi connectivity index (χ1) is 12.9. The van der Waals surface area contributed by atoms with Crippen LogP contribution in [-0.4, -0.2) is 32.7 Å². The van der Waals surface area contributed by atoms with Gasteiger partial charge in [-0.2, -0.15) is 0 Å². The maximum Gasteiger partial charge on any atom is 0.190 e. The Labute approximate surface area is 179 Å². The van der Waals surface area contributed by atoms with Crippen molar-refractivity contribution in [2.75, 3.05) is 26.7 Å². The van der Waals surface area contributed by atoms with Crippen molar-refractivity contribution in [1.29, 1.82) is 0 Å². The first-order valence-corrected chi connectivity index (χ1v) is 9.52. The van der Waals surface area contributed by atoms with Crippen LogP contribution in [0, 0.1) is 5.92 Å². The summed E-state index contributed by atoms with van der Waals surface area (Å²) in [6.07, 6.45) is 3.43. The lowest BCUT2D eigenvalue weighted by molar-refractivity contribution is 0.0915. The summed E-state index contributed by atoms with van der Waals surface area (Å²) < 4.78 is 5.96. The van der Waals surface area contributed by atoms with E-state index in [1.54, 1.807) is 0 Å². The molecule has 146 valence electrons. The topological polar surface area (TPSA) is 45.7 Å². The van der Waals surface area contributed by atoms with Gasteiger partial charge in [0, 0.05) is 32.7 Å². The zero-order valence-corrected chi connectivity index (χ0v) is 18.3. The van der Waals surface area contributed by atoms with E-state index in [2.05, 4.69) is 70.2 Å². The van der Waals surface area contributed by atoms with Crippen molar-refractivity contribution >= 4 is 29.9 Å². The lowest BCUT2D eigenvalue weighted by Crippen LogP contribution is -2.40. The van der Waals surface area contributed by atoms with Gasteiger partial charge in [0.2, 0.25) is 0 Å². The maximum absolute atomic E-state index is 5.96. The van der Waals surface area contributed by atoms with Crippen LogP contribution in [0.1, 0.15) is 30.1 Å². The zero-order chi connectivity index (χ0) is 18.0. The summed E-state index contributed by atoms with van der Waals surface area (Å²) in [5.74, 6) is 1.34. The third kappa shape index (κ3) is 6.81. The highest BCUT2D eigenvalue weighted by Gasteiger charge is 2.29. The fourth-order valence-electron chi connectivity index (χ4n) is 3.45. The fraction of sp³-hybridized carbons (Fsp3) is 0.409. The van der Waals surface area contributed by atoms with Crippen LogP contribution in [-0.2, 0) is 11.2 Å². The fourth-order valence-corrected chi connectivity index (χ4v) is 3.45. The summed E-state index contributed by atoms with van der Waals surface area (Å²) in [4.78, 5) is 4.34. The molecular weight excluding hydrogens is 449 g/mol. The minimum absolute atomic E-state index is 0. The first kappa shape index (κ1) is 21.7. The molecule has 2 atom stereocenters. The van der Waals surface area contributed by atoms with Gasteiger partial charge in [-0.05, 0) is 30.4 Å². The van der Waals surface area contributed by atoms with Crippen LogP contribution in [0.3, 0.4) is 0 Å². The van der Waals surface area contributed by atoms with Crippen LogP contribution in [0.15, 0.2) is 65.7 Å². The van der Waals surface area contributed by atoms with Crippen LogP contribution < -0.4 is 10.6 Å². The van der Waals surface area contributed by atoms with E-state index in [9.17, 15) is 0 Å². The molecule has 1 heterocycles. The van der Waals surface area contributed by atoms with E-state index < -0.39 is 0 Å². The first-order valence-electron chi connectivity index (χ1n) is 9.52. The highest BCUT2D eigenvalue weighted by atomic mass is 127. The summed E-state index contributed by atoms with van der Waals surface area (Å²) in [5, 5.41) is 6.88. The zero-order valence-electron chi connectivity index (χ0n) is 15.9. The van der Waals surface area contributed by atoms with Crippen molar-refractivity contribution in [3.8, 4) is 0 Å². The van der Waals surface area contributed by atoms with Gasteiger partial charge in [0.1, 0.15) is 0 Å². The van der Waals surface area contributed by atoms with Gasteiger partial charge < -0.3 is 15.4 Å². The summed E-state index contributed by atoms with van der Waals surface area (Å²) in [6, 6.07) is 21.1. The number of halogens is 1. The van der Waals surface area contributed by atoms with E-state index in [4.69, 9.17) is 4.74 Å². The van der Waals surface area contributed by atoms with Crippen molar-refractivity contribution in [3.63, 3.8) is 0 Å². The molecule has 0 bridgehead atoms. The lowest BCUT2D eigenvalue weighted by atomic mass is 9.95. The van der Waals surface area contributed by atoms with Crippen LogP contribution in [0.2, 0.25) is 0 Å². The van der Waals surface area contributed by atoms with Crippen LogP contribution in [0.4, 0.5) is 0 Å². The summed E-state index contributed by atoms with van der Waals surface area (Å²) in [5.41, 5.74) is 2.65. The quantitative estimate of drug-likeness (QED) is 0.271. The third-order valence-corrected chi connectivity index (χ3v) is 4.88. The molecule has 1 aliphatic heterocycles. The number of aryl methyl sites for hydroxylation is 1. The van der Waals surface area contributed by atoms with E-state index in [1.807, 2.05) is 13.1 Å². The average molecular weight is 479 g/mol. The number of benzene rings is 2. The van der Waals surface area contributed by atoms with Crippen molar-refractivity contribution in [2.45, 2.75) is 25.4 Å². The smallest absolute Gasteiger partial charge is 0.190 e. The second-order valence-electron chi connectivity index (χ2n) is 6.72. The third-order valence-electron chi connectivity index (χ3n) is 4.88. The number of nitrogens with zero attached hydrogens (tertiary/aromatic N) is 1. The van der Waals surface area contributed by atoms with Gasteiger partial charge in [-0.3, -0.25) is 4.99 Å². The molecule has 0 amide bonds. The predicted molar refractivity (Wildman–Crippen MR) is 123 cm³/mol. The number of rotatable bonds is 7. The Kier molecular flexibility index (Phi) is 9.62. The van der Waals surface area contributed by atoms with Gasteiger partial charge in [0.05, 0.1) is 6.10 Å². The molecule has 5 heteroatoms. The van der Waals surface area contributed by atoms with Gasteiger partial charge >= 0.3 is 0 Å². The summed E-state index contributed by atoms with van der Waals surface area (Å²) in [7, 11) is 1.83. The molecule has 2 N–H and O–H groups in total. The summed E-state index contributed by atoms with van der Waals surface area (Å²) in [6.45, 7) is 2.62. The molecule has 1 saturated heterocycles. The standard InChI is InChI=1S/C22H29N3O.HI/c1-23-22(24-15-8-11-18-9-4-2-5-10-18)25-17-20-14-16-26-21(20)19-12-6-3-7-13-19;/h2-7,9-10,12-13,20-21H,8,11,14-17H2,1H3,(H2,23,24,25);1H. The average Bonchev–Trinajstić information content (AvgIpc) is 3.17. The largest absolute Gasteiger partial charge is 0.373 e. The Balaban J connectivity index is 0.00000261. The van der Waals surface area contributed by atoms with Gasteiger partial charge in [0.25, 0.3) is 0 Å².